The lowest BCUT2D eigenvalue weighted by atomic mass is 9.68. The van der Waals surface area contributed by atoms with Crippen LogP contribution in [0.3, 0.4) is 0 Å². The fourth-order valence-electron chi connectivity index (χ4n) is 3.97. The summed E-state index contributed by atoms with van der Waals surface area (Å²) in [7, 11) is 1.51. The van der Waals surface area contributed by atoms with E-state index < -0.39 is 11.2 Å². The van der Waals surface area contributed by atoms with Crippen LogP contribution in [-0.4, -0.2) is 23.8 Å². The molecule has 0 saturated heterocycles. The van der Waals surface area contributed by atoms with Gasteiger partial charge in [0.2, 0.25) is 0 Å². The van der Waals surface area contributed by atoms with Gasteiger partial charge in [0.05, 0.1) is 12.5 Å². The number of ether oxygens (including phenoxy) is 1. The van der Waals surface area contributed by atoms with Crippen molar-refractivity contribution in [3.8, 4) is 0 Å². The van der Waals surface area contributed by atoms with Crippen molar-refractivity contribution in [2.75, 3.05) is 7.11 Å². The monoisotopic (exact) mass is 382 g/mol. The maximum absolute atomic E-state index is 13.3. The molecule has 150 valence electrons. The number of allylic oxidation sites excluding steroid dienone is 4. The van der Waals surface area contributed by atoms with Gasteiger partial charge in [-0.05, 0) is 55.9 Å². The second-order valence-corrected chi connectivity index (χ2v) is 7.19. The summed E-state index contributed by atoms with van der Waals surface area (Å²) in [5.41, 5.74) is 2.61. The van der Waals surface area contributed by atoms with Crippen LogP contribution >= 0.6 is 0 Å². The zero-order valence-corrected chi connectivity index (χ0v) is 17.7. The Bertz CT molecular complexity index is 880. The van der Waals surface area contributed by atoms with Crippen molar-refractivity contribution in [3.05, 3.63) is 63.6 Å². The van der Waals surface area contributed by atoms with E-state index in [1.165, 1.54) is 13.2 Å². The van der Waals surface area contributed by atoms with E-state index in [1.54, 1.807) is 6.08 Å². The fraction of sp³-hybridized carbons (Fsp3) is 0.417. The second-order valence-electron chi connectivity index (χ2n) is 7.19. The third kappa shape index (κ3) is 3.44. The van der Waals surface area contributed by atoms with Gasteiger partial charge in [-0.25, -0.2) is 0 Å². The fourth-order valence-corrected chi connectivity index (χ4v) is 3.97. The van der Waals surface area contributed by atoms with Crippen LogP contribution in [0, 0.1) is 19.3 Å². The summed E-state index contributed by atoms with van der Waals surface area (Å²) in [5.74, 6) is -0.606. The molecule has 0 heterocycles. The van der Waals surface area contributed by atoms with E-state index in [1.807, 2.05) is 52.8 Å². The first-order chi connectivity index (χ1) is 13.3. The summed E-state index contributed by atoms with van der Waals surface area (Å²) in [6, 6.07) is 5.86. The normalized spacial score (nSPS) is 16.9. The van der Waals surface area contributed by atoms with Gasteiger partial charge in [0.25, 0.3) is 0 Å². The van der Waals surface area contributed by atoms with Crippen LogP contribution in [0.25, 0.3) is 6.08 Å². The van der Waals surface area contributed by atoms with E-state index in [0.29, 0.717) is 30.6 Å². The standard InChI is InChI=1S/C24H30O4/c1-7-18-21(26)20(22(27)24(8-2,9-3)23(18)28-6)19(25)14-13-17-12-10-11-15(4)16(17)5/h10-14,26H,7-9H2,1-6H3/b14-13+. The predicted molar refractivity (Wildman–Crippen MR) is 112 cm³/mol. The molecule has 1 aliphatic rings. The third-order valence-electron chi connectivity index (χ3n) is 5.97. The minimum atomic E-state index is -0.912. The number of hydrogen-bond donors (Lipinski definition) is 1. The molecular weight excluding hydrogens is 352 g/mol. The van der Waals surface area contributed by atoms with Crippen molar-refractivity contribution in [1.82, 2.24) is 0 Å². The Morgan fingerprint density at radius 1 is 1.18 bits per heavy atom. The Morgan fingerprint density at radius 2 is 1.82 bits per heavy atom. The second kappa shape index (κ2) is 8.59. The van der Waals surface area contributed by atoms with Gasteiger partial charge in [0.15, 0.2) is 11.6 Å². The van der Waals surface area contributed by atoms with Crippen molar-refractivity contribution in [2.24, 2.45) is 5.41 Å². The molecule has 0 aromatic heterocycles. The molecule has 28 heavy (non-hydrogen) atoms. The average molecular weight is 383 g/mol. The van der Waals surface area contributed by atoms with Gasteiger partial charge in [-0.15, -0.1) is 0 Å². The summed E-state index contributed by atoms with van der Waals surface area (Å²) in [5, 5.41) is 10.8. The average Bonchev–Trinajstić information content (AvgIpc) is 2.69. The molecule has 0 radical (unpaired) electrons. The van der Waals surface area contributed by atoms with E-state index in [0.717, 1.165) is 16.7 Å². The topological polar surface area (TPSA) is 63.6 Å². The molecule has 1 aliphatic carbocycles. The van der Waals surface area contributed by atoms with Crippen molar-refractivity contribution in [3.63, 3.8) is 0 Å². The largest absolute Gasteiger partial charge is 0.507 e. The van der Waals surface area contributed by atoms with Crippen molar-refractivity contribution in [1.29, 1.82) is 0 Å². The molecule has 0 atom stereocenters. The van der Waals surface area contributed by atoms with Crippen LogP contribution < -0.4 is 0 Å². The number of Topliss-reactive ketones (excluding diaryl/α,β-unsaturated/α-hetero) is 1. The lowest BCUT2D eigenvalue weighted by Crippen LogP contribution is -2.40. The lowest BCUT2D eigenvalue weighted by molar-refractivity contribution is -0.128. The number of aryl methyl sites for hydroxylation is 1. The Balaban J connectivity index is 2.57. The van der Waals surface area contributed by atoms with Gasteiger partial charge in [0.1, 0.15) is 17.1 Å². The number of aliphatic hydroxyl groups is 1. The number of rotatable bonds is 7. The SMILES string of the molecule is CCC1=C(OC)C(CC)(CC)C(=O)C(C(=O)/C=C/c2cccc(C)c2C)=C1O. The van der Waals surface area contributed by atoms with Crippen LogP contribution in [0.4, 0.5) is 0 Å². The number of methoxy groups -OCH3 is 1. The molecule has 0 unspecified atom stereocenters. The number of benzene rings is 1. The maximum Gasteiger partial charge on any atom is 0.193 e. The zero-order valence-electron chi connectivity index (χ0n) is 17.7. The number of carbonyl (C=O) groups is 2. The molecule has 0 bridgehead atoms. The Labute approximate surface area is 167 Å². The first-order valence-corrected chi connectivity index (χ1v) is 9.83. The zero-order chi connectivity index (χ0) is 21.1. The molecule has 2 rings (SSSR count). The Hall–Kier alpha value is -2.62. The number of aliphatic hydroxyl groups excluding tert-OH is 1. The highest BCUT2D eigenvalue weighted by atomic mass is 16.5. The van der Waals surface area contributed by atoms with Gasteiger partial charge in [-0.1, -0.05) is 45.0 Å². The quantitative estimate of drug-likeness (QED) is 0.507. The third-order valence-corrected chi connectivity index (χ3v) is 5.97. The number of ketones is 2. The molecule has 1 aromatic carbocycles. The number of carbonyl (C=O) groups excluding carboxylic acids is 2. The Morgan fingerprint density at radius 3 is 2.36 bits per heavy atom. The number of hydrogen-bond acceptors (Lipinski definition) is 4. The van der Waals surface area contributed by atoms with Crippen LogP contribution in [0.2, 0.25) is 0 Å². The van der Waals surface area contributed by atoms with Gasteiger partial charge >= 0.3 is 0 Å². The molecule has 4 nitrogen and oxygen atoms in total. The lowest BCUT2D eigenvalue weighted by Gasteiger charge is -2.37. The predicted octanol–water partition coefficient (Wildman–Crippen LogP) is 5.40. The van der Waals surface area contributed by atoms with E-state index in [-0.39, 0.29) is 17.1 Å². The van der Waals surface area contributed by atoms with Gasteiger partial charge in [-0.3, -0.25) is 9.59 Å². The molecule has 0 fully saturated rings. The summed E-state index contributed by atoms with van der Waals surface area (Å²) in [6.45, 7) is 9.69. The maximum atomic E-state index is 13.3. The summed E-state index contributed by atoms with van der Waals surface area (Å²) in [4.78, 5) is 26.3. The molecule has 1 aromatic rings. The minimum absolute atomic E-state index is 0.136. The molecule has 1 N–H and O–H groups in total. The highest BCUT2D eigenvalue weighted by Gasteiger charge is 2.49. The van der Waals surface area contributed by atoms with Gasteiger partial charge in [-0.2, -0.15) is 0 Å². The highest BCUT2D eigenvalue weighted by Crippen LogP contribution is 2.46. The van der Waals surface area contributed by atoms with E-state index in [4.69, 9.17) is 4.74 Å². The van der Waals surface area contributed by atoms with Crippen LogP contribution in [0.5, 0.6) is 0 Å². The summed E-state index contributed by atoms with van der Waals surface area (Å²) < 4.78 is 5.55. The van der Waals surface area contributed by atoms with E-state index in [2.05, 4.69) is 0 Å². The van der Waals surface area contributed by atoms with Crippen molar-refractivity contribution < 1.29 is 19.4 Å². The first kappa shape index (κ1) is 21.7. The molecular formula is C24H30O4. The summed E-state index contributed by atoms with van der Waals surface area (Å²) >= 11 is 0. The van der Waals surface area contributed by atoms with Gasteiger partial charge in [0, 0.05) is 5.57 Å². The van der Waals surface area contributed by atoms with Crippen LogP contribution in [0.15, 0.2) is 46.9 Å². The van der Waals surface area contributed by atoms with Crippen molar-refractivity contribution >= 4 is 17.6 Å². The molecule has 4 heteroatoms. The molecule has 0 amide bonds. The van der Waals surface area contributed by atoms with E-state index >= 15 is 0 Å². The minimum Gasteiger partial charge on any atom is -0.507 e. The van der Waals surface area contributed by atoms with Crippen LogP contribution in [-0.2, 0) is 14.3 Å². The van der Waals surface area contributed by atoms with E-state index in [9.17, 15) is 14.7 Å². The highest BCUT2D eigenvalue weighted by molar-refractivity contribution is 6.28. The van der Waals surface area contributed by atoms with Gasteiger partial charge < -0.3 is 9.84 Å². The summed E-state index contributed by atoms with van der Waals surface area (Å²) in [6.07, 6.45) is 4.56. The Kier molecular flexibility index (Phi) is 6.65. The van der Waals surface area contributed by atoms with Crippen molar-refractivity contribution in [2.45, 2.75) is 53.9 Å². The first-order valence-electron chi connectivity index (χ1n) is 9.83. The molecule has 0 saturated carbocycles. The molecule has 0 aliphatic heterocycles. The smallest absolute Gasteiger partial charge is 0.193 e. The van der Waals surface area contributed by atoms with Crippen LogP contribution in [0.1, 0.15) is 56.7 Å². The molecule has 0 spiro atoms.